The van der Waals surface area contributed by atoms with Crippen molar-refractivity contribution in [3.05, 3.63) is 54.4 Å². The zero-order valence-electron chi connectivity index (χ0n) is 9.13. The molecule has 0 aliphatic heterocycles. The smallest absolute Gasteiger partial charge is 0.127 e. The molecule has 2 rings (SSSR count). The molecule has 0 saturated heterocycles. The molecule has 2 nitrogen and oxygen atoms in total. The molecule has 2 heteroatoms. The van der Waals surface area contributed by atoms with E-state index in [1.165, 1.54) is 0 Å². The SMILES string of the molecule is CC(C=O)c1ccc(-c2cccnc2)cc1. The van der Waals surface area contributed by atoms with Crippen LogP contribution in [0.25, 0.3) is 11.1 Å². The molecule has 0 bridgehead atoms. The van der Waals surface area contributed by atoms with Crippen LogP contribution in [0.5, 0.6) is 0 Å². The molecule has 2 aromatic rings. The number of benzene rings is 1. The van der Waals surface area contributed by atoms with Gasteiger partial charge in [-0.15, -0.1) is 0 Å². The van der Waals surface area contributed by atoms with Gasteiger partial charge in [0.05, 0.1) is 0 Å². The van der Waals surface area contributed by atoms with E-state index in [4.69, 9.17) is 0 Å². The zero-order chi connectivity index (χ0) is 11.4. The van der Waals surface area contributed by atoms with Gasteiger partial charge in [0.15, 0.2) is 0 Å². The third kappa shape index (κ3) is 2.16. The van der Waals surface area contributed by atoms with E-state index in [-0.39, 0.29) is 5.92 Å². The molecule has 0 aliphatic carbocycles. The molecule has 1 heterocycles. The largest absolute Gasteiger partial charge is 0.303 e. The van der Waals surface area contributed by atoms with Gasteiger partial charge >= 0.3 is 0 Å². The summed E-state index contributed by atoms with van der Waals surface area (Å²) in [6.07, 6.45) is 4.55. The molecule has 1 aromatic carbocycles. The Morgan fingerprint density at radius 2 is 1.88 bits per heavy atom. The maximum Gasteiger partial charge on any atom is 0.127 e. The number of hydrogen-bond acceptors (Lipinski definition) is 2. The number of carbonyl (C=O) groups excluding carboxylic acids is 1. The zero-order valence-corrected chi connectivity index (χ0v) is 9.13. The van der Waals surface area contributed by atoms with Gasteiger partial charge in [-0.25, -0.2) is 0 Å². The van der Waals surface area contributed by atoms with Gasteiger partial charge in [0.1, 0.15) is 6.29 Å². The van der Waals surface area contributed by atoms with E-state index in [9.17, 15) is 4.79 Å². The number of carbonyl (C=O) groups is 1. The minimum atomic E-state index is -0.0389. The van der Waals surface area contributed by atoms with Gasteiger partial charge < -0.3 is 4.79 Å². The second kappa shape index (κ2) is 4.71. The van der Waals surface area contributed by atoms with E-state index < -0.39 is 0 Å². The van der Waals surface area contributed by atoms with Crippen molar-refractivity contribution in [1.82, 2.24) is 4.98 Å². The normalized spacial score (nSPS) is 12.1. The first-order valence-corrected chi connectivity index (χ1v) is 5.27. The molecule has 0 amide bonds. The Morgan fingerprint density at radius 3 is 2.44 bits per heavy atom. The fourth-order valence-electron chi connectivity index (χ4n) is 1.59. The van der Waals surface area contributed by atoms with Crippen molar-refractivity contribution in [2.75, 3.05) is 0 Å². The lowest BCUT2D eigenvalue weighted by molar-refractivity contribution is -0.108. The predicted molar refractivity (Wildman–Crippen MR) is 64.2 cm³/mol. The van der Waals surface area contributed by atoms with Gasteiger partial charge in [-0.05, 0) is 22.8 Å². The molecular formula is C14H13NO. The molecule has 1 unspecified atom stereocenters. The Hall–Kier alpha value is -1.96. The number of aromatic nitrogens is 1. The van der Waals surface area contributed by atoms with Crippen LogP contribution >= 0.6 is 0 Å². The summed E-state index contributed by atoms with van der Waals surface area (Å²) in [6.45, 7) is 1.89. The fraction of sp³-hybridized carbons (Fsp3) is 0.143. The highest BCUT2D eigenvalue weighted by atomic mass is 16.1. The standard InChI is InChI=1S/C14H13NO/c1-11(10-16)12-4-6-13(7-5-12)14-3-2-8-15-9-14/h2-11H,1H3. The molecular weight excluding hydrogens is 198 g/mol. The molecule has 80 valence electrons. The van der Waals surface area contributed by atoms with Crippen molar-refractivity contribution in [3.63, 3.8) is 0 Å². The van der Waals surface area contributed by atoms with Crippen molar-refractivity contribution in [1.29, 1.82) is 0 Å². The summed E-state index contributed by atoms with van der Waals surface area (Å²) >= 11 is 0. The minimum absolute atomic E-state index is 0.0389. The molecule has 0 fully saturated rings. The van der Waals surface area contributed by atoms with Crippen LogP contribution in [0.4, 0.5) is 0 Å². The van der Waals surface area contributed by atoms with E-state index >= 15 is 0 Å². The number of aldehydes is 1. The molecule has 1 atom stereocenters. The first kappa shape index (κ1) is 10.6. The predicted octanol–water partition coefficient (Wildman–Crippen LogP) is 3.05. The van der Waals surface area contributed by atoms with Crippen molar-refractivity contribution >= 4 is 6.29 Å². The quantitative estimate of drug-likeness (QED) is 0.730. The Morgan fingerprint density at radius 1 is 1.12 bits per heavy atom. The highest BCUT2D eigenvalue weighted by molar-refractivity contribution is 5.65. The lowest BCUT2D eigenvalue weighted by Crippen LogP contribution is -1.93. The second-order valence-electron chi connectivity index (χ2n) is 3.79. The Labute approximate surface area is 95.0 Å². The molecule has 0 saturated carbocycles. The summed E-state index contributed by atoms with van der Waals surface area (Å²) in [4.78, 5) is 14.7. The van der Waals surface area contributed by atoms with E-state index in [1.807, 2.05) is 49.5 Å². The Kier molecular flexibility index (Phi) is 3.10. The van der Waals surface area contributed by atoms with Crippen LogP contribution in [0.2, 0.25) is 0 Å². The lowest BCUT2D eigenvalue weighted by Gasteiger charge is -2.05. The van der Waals surface area contributed by atoms with Crippen molar-refractivity contribution in [2.45, 2.75) is 12.8 Å². The number of hydrogen-bond donors (Lipinski definition) is 0. The molecule has 1 aromatic heterocycles. The Bertz CT molecular complexity index is 462. The summed E-state index contributed by atoms with van der Waals surface area (Å²) in [5.41, 5.74) is 3.25. The van der Waals surface area contributed by atoms with Gasteiger partial charge in [-0.3, -0.25) is 4.98 Å². The van der Waals surface area contributed by atoms with Crippen LogP contribution in [0.3, 0.4) is 0 Å². The molecule has 0 N–H and O–H groups in total. The van der Waals surface area contributed by atoms with Gasteiger partial charge in [0.25, 0.3) is 0 Å². The highest BCUT2D eigenvalue weighted by Gasteiger charge is 2.03. The van der Waals surface area contributed by atoms with Crippen LogP contribution in [-0.2, 0) is 4.79 Å². The fourth-order valence-corrected chi connectivity index (χ4v) is 1.59. The molecule has 0 spiro atoms. The van der Waals surface area contributed by atoms with Crippen molar-refractivity contribution in [2.24, 2.45) is 0 Å². The van der Waals surface area contributed by atoms with Crippen LogP contribution in [0.1, 0.15) is 18.4 Å². The summed E-state index contributed by atoms with van der Waals surface area (Å²) in [6, 6.07) is 11.9. The van der Waals surface area contributed by atoms with E-state index in [0.717, 1.165) is 23.0 Å². The second-order valence-corrected chi connectivity index (χ2v) is 3.79. The van der Waals surface area contributed by atoms with Crippen LogP contribution < -0.4 is 0 Å². The van der Waals surface area contributed by atoms with Crippen molar-refractivity contribution in [3.8, 4) is 11.1 Å². The number of pyridine rings is 1. The summed E-state index contributed by atoms with van der Waals surface area (Å²) < 4.78 is 0. The highest BCUT2D eigenvalue weighted by Crippen LogP contribution is 2.21. The topological polar surface area (TPSA) is 30.0 Å². The van der Waals surface area contributed by atoms with Gasteiger partial charge in [0, 0.05) is 18.3 Å². The monoisotopic (exact) mass is 211 g/mol. The first-order chi connectivity index (χ1) is 7.81. The Balaban J connectivity index is 2.30. The van der Waals surface area contributed by atoms with Crippen LogP contribution in [0.15, 0.2) is 48.8 Å². The molecule has 0 aliphatic rings. The number of nitrogens with zero attached hydrogens (tertiary/aromatic N) is 1. The summed E-state index contributed by atoms with van der Waals surface area (Å²) in [7, 11) is 0. The van der Waals surface area contributed by atoms with Crippen LogP contribution in [-0.4, -0.2) is 11.3 Å². The third-order valence-corrected chi connectivity index (χ3v) is 2.64. The average Bonchev–Trinajstić information content (AvgIpc) is 2.39. The first-order valence-electron chi connectivity index (χ1n) is 5.27. The number of rotatable bonds is 3. The van der Waals surface area contributed by atoms with Gasteiger partial charge in [0.2, 0.25) is 0 Å². The summed E-state index contributed by atoms with van der Waals surface area (Å²) in [5, 5.41) is 0. The molecule has 0 radical (unpaired) electrons. The summed E-state index contributed by atoms with van der Waals surface area (Å²) in [5.74, 6) is -0.0389. The lowest BCUT2D eigenvalue weighted by atomic mass is 9.99. The van der Waals surface area contributed by atoms with Crippen LogP contribution in [0, 0.1) is 0 Å². The van der Waals surface area contributed by atoms with E-state index in [1.54, 1.807) is 6.20 Å². The molecule has 16 heavy (non-hydrogen) atoms. The van der Waals surface area contributed by atoms with E-state index in [2.05, 4.69) is 4.98 Å². The van der Waals surface area contributed by atoms with Crippen molar-refractivity contribution < 1.29 is 4.79 Å². The third-order valence-electron chi connectivity index (χ3n) is 2.64. The van der Waals surface area contributed by atoms with E-state index in [0.29, 0.717) is 0 Å². The minimum Gasteiger partial charge on any atom is -0.303 e. The van der Waals surface area contributed by atoms with Gasteiger partial charge in [-0.1, -0.05) is 37.3 Å². The maximum absolute atomic E-state index is 10.7. The van der Waals surface area contributed by atoms with Gasteiger partial charge in [-0.2, -0.15) is 0 Å². The maximum atomic E-state index is 10.7. The average molecular weight is 211 g/mol.